The van der Waals surface area contributed by atoms with Crippen LogP contribution in [0.25, 0.3) is 11.0 Å². The number of halogens is 3. The molecule has 1 aromatic heterocycles. The van der Waals surface area contributed by atoms with Gasteiger partial charge in [-0.1, -0.05) is 48.5 Å². The molecule has 1 heterocycles. The maximum absolute atomic E-state index is 13.6. The van der Waals surface area contributed by atoms with Crippen molar-refractivity contribution in [2.24, 2.45) is 0 Å². The van der Waals surface area contributed by atoms with E-state index in [0.717, 1.165) is 5.56 Å². The van der Waals surface area contributed by atoms with Crippen molar-refractivity contribution >= 4 is 11.0 Å². The molecular weight excluding hydrogens is 397 g/mol. The number of benzene rings is 3. The Balaban J connectivity index is 1.74. The minimum atomic E-state index is -4.92. The molecule has 0 fully saturated rings. The van der Waals surface area contributed by atoms with Crippen molar-refractivity contribution in [1.82, 2.24) is 0 Å². The lowest BCUT2D eigenvalue weighted by Gasteiger charge is -2.14. The monoisotopic (exact) mass is 412 g/mol. The highest BCUT2D eigenvalue weighted by molar-refractivity contribution is 5.79. The second-order valence-corrected chi connectivity index (χ2v) is 6.43. The molecule has 0 saturated carbocycles. The van der Waals surface area contributed by atoms with Crippen LogP contribution in [0, 0.1) is 0 Å². The van der Waals surface area contributed by atoms with Gasteiger partial charge in [-0.3, -0.25) is 4.79 Å². The summed E-state index contributed by atoms with van der Waals surface area (Å²) < 4.78 is 56.7. The Morgan fingerprint density at radius 2 is 1.50 bits per heavy atom. The van der Waals surface area contributed by atoms with Gasteiger partial charge in [0.1, 0.15) is 23.7 Å². The second kappa shape index (κ2) is 7.94. The average molecular weight is 412 g/mol. The van der Waals surface area contributed by atoms with Crippen molar-refractivity contribution in [1.29, 1.82) is 0 Å². The fourth-order valence-corrected chi connectivity index (χ4v) is 2.87. The van der Waals surface area contributed by atoms with Gasteiger partial charge in [-0.05, 0) is 29.8 Å². The molecule has 0 bridgehead atoms. The molecule has 0 spiro atoms. The molecular formula is C23H15F3O4. The van der Waals surface area contributed by atoms with Gasteiger partial charge >= 0.3 is 6.18 Å². The van der Waals surface area contributed by atoms with Crippen LogP contribution in [0.15, 0.2) is 88.1 Å². The van der Waals surface area contributed by atoms with Gasteiger partial charge in [-0.15, -0.1) is 0 Å². The van der Waals surface area contributed by atoms with Crippen LogP contribution in [0.3, 0.4) is 0 Å². The number of para-hydroxylation sites is 1. The third kappa shape index (κ3) is 4.15. The normalized spacial score (nSPS) is 11.4. The molecule has 152 valence electrons. The average Bonchev–Trinajstić information content (AvgIpc) is 2.74. The zero-order valence-electron chi connectivity index (χ0n) is 15.5. The molecule has 0 aliphatic rings. The third-order valence-corrected chi connectivity index (χ3v) is 4.29. The van der Waals surface area contributed by atoms with Crippen LogP contribution in [0.4, 0.5) is 13.2 Å². The number of hydrogen-bond donors (Lipinski definition) is 0. The number of ether oxygens (including phenoxy) is 2. The van der Waals surface area contributed by atoms with Gasteiger partial charge in [0.25, 0.3) is 5.76 Å². The van der Waals surface area contributed by atoms with Crippen molar-refractivity contribution in [2.75, 3.05) is 0 Å². The molecule has 3 aromatic carbocycles. The highest BCUT2D eigenvalue weighted by Crippen LogP contribution is 2.38. The number of rotatable bonds is 5. The van der Waals surface area contributed by atoms with Gasteiger partial charge in [0.15, 0.2) is 0 Å². The number of alkyl halides is 3. The largest absolute Gasteiger partial charge is 0.489 e. The van der Waals surface area contributed by atoms with Crippen LogP contribution in [0.1, 0.15) is 11.3 Å². The summed E-state index contributed by atoms with van der Waals surface area (Å²) in [6, 6.07) is 21.1. The van der Waals surface area contributed by atoms with E-state index in [1.165, 1.54) is 30.3 Å². The van der Waals surface area contributed by atoms with Crippen molar-refractivity contribution < 1.29 is 27.1 Å². The maximum Gasteiger partial charge on any atom is 0.453 e. The quantitative estimate of drug-likeness (QED) is 0.393. The van der Waals surface area contributed by atoms with Crippen molar-refractivity contribution in [3.05, 3.63) is 100 Å². The summed E-state index contributed by atoms with van der Waals surface area (Å²) in [7, 11) is 0. The first-order valence-corrected chi connectivity index (χ1v) is 8.99. The van der Waals surface area contributed by atoms with E-state index in [1.807, 2.05) is 30.3 Å². The molecule has 0 radical (unpaired) electrons. The standard InChI is InChI=1S/C23H15F3O4/c24-23(25,26)22-21(29-16-9-5-2-6-10-16)20(27)18-12-11-17(13-19(18)30-22)28-14-15-7-3-1-4-8-15/h1-13H,14H2. The highest BCUT2D eigenvalue weighted by atomic mass is 19.4. The van der Waals surface area contributed by atoms with E-state index < -0.39 is 23.1 Å². The first-order chi connectivity index (χ1) is 14.4. The SMILES string of the molecule is O=c1c(Oc2ccccc2)c(C(F)(F)F)oc2cc(OCc3ccccc3)ccc12. The van der Waals surface area contributed by atoms with Crippen LogP contribution in [0.5, 0.6) is 17.2 Å². The molecule has 7 heteroatoms. The molecule has 4 rings (SSSR count). The Morgan fingerprint density at radius 1 is 0.833 bits per heavy atom. The summed E-state index contributed by atoms with van der Waals surface area (Å²) in [5.74, 6) is -2.03. The summed E-state index contributed by atoms with van der Waals surface area (Å²) in [6.07, 6.45) is -4.92. The second-order valence-electron chi connectivity index (χ2n) is 6.43. The summed E-state index contributed by atoms with van der Waals surface area (Å²) in [5.41, 5.74) is -0.262. The lowest BCUT2D eigenvalue weighted by atomic mass is 10.2. The smallest absolute Gasteiger partial charge is 0.453 e. The molecule has 4 aromatic rings. The van der Waals surface area contributed by atoms with Crippen molar-refractivity contribution in [3.63, 3.8) is 0 Å². The minimum absolute atomic E-state index is 0.0407. The first kappa shape index (κ1) is 19.6. The molecule has 0 amide bonds. The number of fused-ring (bicyclic) bond motifs is 1. The van der Waals surface area contributed by atoms with E-state index in [1.54, 1.807) is 18.2 Å². The van der Waals surface area contributed by atoms with E-state index in [2.05, 4.69) is 0 Å². The lowest BCUT2D eigenvalue weighted by Crippen LogP contribution is -2.15. The summed E-state index contributed by atoms with van der Waals surface area (Å²) in [5, 5.41) is -0.0407. The van der Waals surface area contributed by atoms with E-state index in [9.17, 15) is 18.0 Å². The Kier molecular flexibility index (Phi) is 5.18. The molecule has 0 atom stereocenters. The van der Waals surface area contributed by atoms with E-state index in [0.29, 0.717) is 0 Å². The van der Waals surface area contributed by atoms with Crippen LogP contribution < -0.4 is 14.9 Å². The Morgan fingerprint density at radius 3 is 2.17 bits per heavy atom. The van der Waals surface area contributed by atoms with Crippen LogP contribution in [-0.2, 0) is 12.8 Å². The summed E-state index contributed by atoms with van der Waals surface area (Å²) >= 11 is 0. The van der Waals surface area contributed by atoms with E-state index >= 15 is 0 Å². The Labute approximate surface area is 169 Å². The number of hydrogen-bond acceptors (Lipinski definition) is 4. The van der Waals surface area contributed by atoms with Crippen LogP contribution in [0.2, 0.25) is 0 Å². The van der Waals surface area contributed by atoms with Crippen LogP contribution in [-0.4, -0.2) is 0 Å². The van der Waals surface area contributed by atoms with E-state index in [-0.39, 0.29) is 29.1 Å². The topological polar surface area (TPSA) is 48.7 Å². The molecule has 0 unspecified atom stereocenters. The van der Waals surface area contributed by atoms with Crippen LogP contribution >= 0.6 is 0 Å². The zero-order chi connectivity index (χ0) is 21.1. The maximum atomic E-state index is 13.6. The fraction of sp³-hybridized carbons (Fsp3) is 0.0870. The van der Waals surface area contributed by atoms with Crippen molar-refractivity contribution in [3.8, 4) is 17.2 Å². The van der Waals surface area contributed by atoms with Gasteiger partial charge in [0.2, 0.25) is 11.2 Å². The van der Waals surface area contributed by atoms with Gasteiger partial charge in [0, 0.05) is 6.07 Å². The predicted octanol–water partition coefficient (Wildman–Crippen LogP) is 6.18. The Hall–Kier alpha value is -3.74. The molecule has 0 N–H and O–H groups in total. The molecule has 4 nitrogen and oxygen atoms in total. The summed E-state index contributed by atoms with van der Waals surface area (Å²) in [6.45, 7) is 0.220. The van der Waals surface area contributed by atoms with E-state index in [4.69, 9.17) is 13.9 Å². The van der Waals surface area contributed by atoms with Gasteiger partial charge in [0.05, 0.1) is 5.39 Å². The summed E-state index contributed by atoms with van der Waals surface area (Å²) in [4.78, 5) is 12.8. The van der Waals surface area contributed by atoms with Gasteiger partial charge in [-0.2, -0.15) is 13.2 Å². The predicted molar refractivity (Wildman–Crippen MR) is 105 cm³/mol. The molecule has 0 aliphatic carbocycles. The Bertz CT molecular complexity index is 1220. The molecule has 30 heavy (non-hydrogen) atoms. The molecule has 0 saturated heterocycles. The fourth-order valence-electron chi connectivity index (χ4n) is 2.87. The molecule has 0 aliphatic heterocycles. The van der Waals surface area contributed by atoms with Gasteiger partial charge in [-0.25, -0.2) is 0 Å². The van der Waals surface area contributed by atoms with Crippen molar-refractivity contribution in [2.45, 2.75) is 12.8 Å². The minimum Gasteiger partial charge on any atom is -0.489 e. The first-order valence-electron chi connectivity index (χ1n) is 8.99. The highest BCUT2D eigenvalue weighted by Gasteiger charge is 2.40. The lowest BCUT2D eigenvalue weighted by molar-refractivity contribution is -0.154. The van der Waals surface area contributed by atoms with Gasteiger partial charge < -0.3 is 13.9 Å². The third-order valence-electron chi connectivity index (χ3n) is 4.29. The zero-order valence-corrected chi connectivity index (χ0v) is 15.5.